The van der Waals surface area contributed by atoms with Gasteiger partial charge in [0.05, 0.1) is 47.6 Å². The monoisotopic (exact) mass is 773 g/mol. The maximum atomic E-state index is 13.9. The second-order valence-electron chi connectivity index (χ2n) is 15.0. The van der Waals surface area contributed by atoms with E-state index in [4.69, 9.17) is 19.8 Å². The van der Waals surface area contributed by atoms with Crippen molar-refractivity contribution in [2.45, 2.75) is 62.7 Å². The molecule has 4 heterocycles. The minimum absolute atomic E-state index is 0. The first-order valence-electron chi connectivity index (χ1n) is 18.9. The van der Waals surface area contributed by atoms with E-state index >= 15 is 0 Å². The highest BCUT2D eigenvalue weighted by atomic mass is 19.1. The second kappa shape index (κ2) is 17.0. The zero-order valence-corrected chi connectivity index (χ0v) is 31.6. The molecule has 15 heteroatoms. The van der Waals surface area contributed by atoms with Crippen molar-refractivity contribution in [3.05, 3.63) is 76.5 Å². The number of nitrogens with one attached hydrogen (secondary N) is 1. The van der Waals surface area contributed by atoms with Crippen molar-refractivity contribution in [1.29, 1.82) is 0 Å². The Morgan fingerprint density at radius 3 is 1.96 bits per heavy atom. The summed E-state index contributed by atoms with van der Waals surface area (Å²) in [6.07, 6.45) is 8.20. The molecule has 0 atom stereocenters. The summed E-state index contributed by atoms with van der Waals surface area (Å²) in [5.74, 6) is 2.79. The van der Waals surface area contributed by atoms with Crippen LogP contribution in [0.25, 0.3) is 21.8 Å². The molecule has 300 valence electrons. The number of aliphatic hydroxyl groups is 2. The predicted octanol–water partition coefficient (Wildman–Crippen LogP) is 5.23. The molecule has 0 radical (unpaired) electrons. The molecule has 3 aromatic heterocycles. The molecule has 0 amide bonds. The topological polar surface area (TPSA) is 157 Å². The third-order valence-corrected chi connectivity index (χ3v) is 11.4. The van der Waals surface area contributed by atoms with Crippen LogP contribution in [0.4, 0.5) is 26.0 Å². The van der Waals surface area contributed by atoms with Crippen LogP contribution in [-0.2, 0) is 10.8 Å². The number of ether oxygens (including phenoxy) is 1. The Bertz CT molecular complexity index is 2190. The Morgan fingerprint density at radius 1 is 0.839 bits per heavy atom. The van der Waals surface area contributed by atoms with Crippen LogP contribution in [0, 0.1) is 0 Å². The normalized spacial score (nSPS) is 16.8. The number of H-pyrrole nitrogens is 1. The van der Waals surface area contributed by atoms with E-state index in [-0.39, 0.29) is 32.1 Å². The average molecular weight is 774 g/mol. The standard InChI is InChI=1S/C25H31FN6O2.C15H18FN3O2.CH4/c1-31(13-14-33)18-3-4-20-19(15-18)22(30-24(29-20)25(16-26)7-8-25)32-11-5-17(6-12-32)21-23(34-2)28-10-9-27-21;1-19(6-7-20)10-2-3-12-11(8-10)13(21)18-14(17-12)15(9-16)4-5-15;/h3-4,9-10,15,17,33H,5-8,11-14,16H2,1-2H3;2-3,8,20H,4-7,9H2,1H3,(H,17,18,21);1H4. The summed E-state index contributed by atoms with van der Waals surface area (Å²) < 4.78 is 32.5. The number of hydrogen-bond acceptors (Lipinski definition) is 12. The molecule has 0 spiro atoms. The van der Waals surface area contributed by atoms with Gasteiger partial charge in [-0.25, -0.2) is 28.7 Å². The fourth-order valence-corrected chi connectivity index (χ4v) is 7.28. The van der Waals surface area contributed by atoms with Crippen molar-refractivity contribution < 1.29 is 23.7 Å². The highest BCUT2D eigenvalue weighted by Gasteiger charge is 2.48. The quantitative estimate of drug-likeness (QED) is 0.143. The van der Waals surface area contributed by atoms with Gasteiger partial charge in [0, 0.05) is 75.3 Å². The molecule has 1 saturated heterocycles. The Labute approximate surface area is 325 Å². The van der Waals surface area contributed by atoms with Crippen LogP contribution in [0.5, 0.6) is 5.88 Å². The molecule has 0 bridgehead atoms. The first kappa shape index (κ1) is 40.6. The maximum Gasteiger partial charge on any atom is 0.258 e. The first-order valence-corrected chi connectivity index (χ1v) is 18.9. The Hall–Kier alpha value is -5.02. The summed E-state index contributed by atoms with van der Waals surface area (Å²) in [6, 6.07) is 11.4. The van der Waals surface area contributed by atoms with E-state index in [1.165, 1.54) is 0 Å². The zero-order valence-electron chi connectivity index (χ0n) is 31.6. The van der Waals surface area contributed by atoms with E-state index in [1.807, 2.05) is 42.1 Å². The van der Waals surface area contributed by atoms with Crippen LogP contribution in [0.15, 0.2) is 53.6 Å². The summed E-state index contributed by atoms with van der Waals surface area (Å²) in [4.78, 5) is 44.1. The summed E-state index contributed by atoms with van der Waals surface area (Å²) in [5.41, 5.74) is 2.80. The molecule has 1 aliphatic heterocycles. The van der Waals surface area contributed by atoms with Gasteiger partial charge in [0.1, 0.15) is 36.5 Å². The molecule has 3 aliphatic rings. The number of anilines is 3. The zero-order chi connectivity index (χ0) is 38.7. The van der Waals surface area contributed by atoms with Crippen molar-refractivity contribution in [3.63, 3.8) is 0 Å². The van der Waals surface area contributed by atoms with Gasteiger partial charge < -0.3 is 34.6 Å². The van der Waals surface area contributed by atoms with Gasteiger partial charge >= 0.3 is 0 Å². The van der Waals surface area contributed by atoms with Crippen molar-refractivity contribution in [2.75, 3.05) is 88.6 Å². The third kappa shape index (κ3) is 8.10. The fraction of sp³-hybridized carbons (Fsp3) is 0.512. The minimum Gasteiger partial charge on any atom is -0.480 e. The largest absolute Gasteiger partial charge is 0.480 e. The van der Waals surface area contributed by atoms with Gasteiger partial charge in [-0.05, 0) is 74.9 Å². The van der Waals surface area contributed by atoms with Gasteiger partial charge in [0.15, 0.2) is 0 Å². The number of hydrogen-bond donors (Lipinski definition) is 3. The molecule has 3 N–H and O–H groups in total. The number of piperidine rings is 1. The lowest BCUT2D eigenvalue weighted by atomic mass is 9.93. The lowest BCUT2D eigenvalue weighted by molar-refractivity contribution is 0.304. The summed E-state index contributed by atoms with van der Waals surface area (Å²) in [5, 5.41) is 19.8. The molecule has 13 nitrogen and oxygen atoms in total. The number of nitrogens with zero attached hydrogens (tertiary/aromatic N) is 8. The third-order valence-electron chi connectivity index (χ3n) is 11.4. The Kier molecular flexibility index (Phi) is 12.3. The van der Waals surface area contributed by atoms with E-state index in [9.17, 15) is 18.7 Å². The van der Waals surface area contributed by atoms with Gasteiger partial charge in [-0.15, -0.1) is 0 Å². The van der Waals surface area contributed by atoms with E-state index in [0.29, 0.717) is 41.5 Å². The van der Waals surface area contributed by atoms with E-state index in [2.05, 4.69) is 30.9 Å². The highest BCUT2D eigenvalue weighted by molar-refractivity contribution is 5.92. The molecular formula is C41H53F2N9O4. The lowest BCUT2D eigenvalue weighted by Gasteiger charge is -2.34. The molecule has 2 aliphatic carbocycles. The van der Waals surface area contributed by atoms with E-state index in [0.717, 1.165) is 85.4 Å². The molecule has 8 rings (SSSR count). The van der Waals surface area contributed by atoms with Crippen LogP contribution in [0.1, 0.15) is 69.2 Å². The van der Waals surface area contributed by atoms with Gasteiger partial charge in [0.25, 0.3) is 5.56 Å². The summed E-state index contributed by atoms with van der Waals surface area (Å²) in [7, 11) is 5.42. The molecule has 56 heavy (non-hydrogen) atoms. The van der Waals surface area contributed by atoms with E-state index < -0.39 is 24.2 Å². The van der Waals surface area contributed by atoms with Crippen molar-refractivity contribution >= 4 is 39.0 Å². The van der Waals surface area contributed by atoms with Crippen LogP contribution in [0.3, 0.4) is 0 Å². The van der Waals surface area contributed by atoms with Gasteiger partial charge in [-0.1, -0.05) is 7.43 Å². The minimum atomic E-state index is -0.570. The number of methoxy groups -OCH3 is 1. The number of fused-ring (bicyclic) bond motifs is 2. The van der Waals surface area contributed by atoms with Crippen LogP contribution >= 0.6 is 0 Å². The summed E-state index contributed by atoms with van der Waals surface area (Å²) in [6.45, 7) is 1.83. The number of halogens is 2. The van der Waals surface area contributed by atoms with Crippen LogP contribution in [0.2, 0.25) is 0 Å². The Balaban J connectivity index is 0.000000208. The molecule has 3 fully saturated rings. The number of benzene rings is 2. The number of rotatable bonds is 13. The predicted molar refractivity (Wildman–Crippen MR) is 216 cm³/mol. The highest BCUT2D eigenvalue weighted by Crippen LogP contribution is 2.49. The number of aliphatic hydroxyl groups excluding tert-OH is 2. The SMILES string of the molecule is C.CN(CCO)c1ccc2nc(C3(CF)CC3)[nH]c(=O)c2c1.COc1nccnc1C1CCN(c2nc(C3(CF)CC3)nc3ccc(N(C)CCO)cc23)CC1. The number of aromatic nitrogens is 6. The summed E-state index contributed by atoms with van der Waals surface area (Å²) >= 11 is 0. The number of likely N-dealkylation sites (N-methyl/N-ethyl adjacent to an activating group) is 2. The smallest absolute Gasteiger partial charge is 0.258 e. The van der Waals surface area contributed by atoms with Crippen molar-refractivity contribution in [2.24, 2.45) is 0 Å². The number of alkyl halides is 2. The van der Waals surface area contributed by atoms with Gasteiger partial charge in [-0.2, -0.15) is 0 Å². The number of aromatic amines is 1. The fourth-order valence-electron chi connectivity index (χ4n) is 7.28. The maximum absolute atomic E-state index is 13.9. The molecule has 0 unspecified atom stereocenters. The van der Waals surface area contributed by atoms with Gasteiger partial charge in [0.2, 0.25) is 5.88 Å². The lowest BCUT2D eigenvalue weighted by Crippen LogP contribution is -2.34. The van der Waals surface area contributed by atoms with Crippen molar-refractivity contribution in [3.8, 4) is 5.88 Å². The van der Waals surface area contributed by atoms with Crippen LogP contribution < -0.4 is 25.0 Å². The second-order valence-corrected chi connectivity index (χ2v) is 15.0. The molecular weight excluding hydrogens is 721 g/mol. The molecule has 2 aromatic carbocycles. The van der Waals surface area contributed by atoms with Crippen LogP contribution in [-0.4, -0.2) is 114 Å². The Morgan fingerprint density at radius 2 is 1.41 bits per heavy atom. The first-order chi connectivity index (χ1) is 26.7. The van der Waals surface area contributed by atoms with Crippen molar-refractivity contribution in [1.82, 2.24) is 29.9 Å². The van der Waals surface area contributed by atoms with E-state index in [1.54, 1.807) is 31.6 Å². The molecule has 2 saturated carbocycles. The average Bonchev–Trinajstić information content (AvgIpc) is 4.17. The van der Waals surface area contributed by atoms with Gasteiger partial charge in [-0.3, -0.25) is 9.78 Å². The molecule has 5 aromatic rings.